The Morgan fingerprint density at radius 1 is 1.10 bits per heavy atom. The first-order valence-electron chi connectivity index (χ1n) is 11.2. The first kappa shape index (κ1) is 20.5. The molecule has 8 heteroatoms. The summed E-state index contributed by atoms with van der Waals surface area (Å²) in [6, 6.07) is 9.70. The first-order valence-corrected chi connectivity index (χ1v) is 12.3. The second-order valence-electron chi connectivity index (χ2n) is 9.57. The number of nitrogens with one attached hydrogen (secondary N) is 2. The van der Waals surface area contributed by atoms with Crippen molar-refractivity contribution < 1.29 is 4.79 Å². The van der Waals surface area contributed by atoms with Gasteiger partial charge in [-0.2, -0.15) is 15.0 Å². The number of anilines is 3. The Balaban J connectivity index is 1.19. The Morgan fingerprint density at radius 2 is 1.74 bits per heavy atom. The standard InChI is InChI=1S/C23H30N6OS/c1-14(20-26-21(24)28-22(27-20)25-18-5-3-2-4-6-18)31-13-19(30)29-23-10-15-7-16(11-23)9-17(8-15)12-23/h2-6,14-17H,7-13H2,1H3,(H,29,30)(H3,24,25,26,27,28)/t14-,15?,16?,17?,23?/m0/s1. The number of aromatic nitrogens is 3. The minimum absolute atomic E-state index is 0.0556. The molecule has 0 aliphatic heterocycles. The number of benzene rings is 1. The molecule has 0 spiro atoms. The molecule has 4 saturated carbocycles. The van der Waals surface area contributed by atoms with E-state index in [1.807, 2.05) is 37.3 Å². The molecule has 1 aromatic heterocycles. The lowest BCUT2D eigenvalue weighted by Crippen LogP contribution is -2.60. The molecule has 6 rings (SSSR count). The third-order valence-corrected chi connectivity index (χ3v) is 8.11. The molecule has 2 aromatic rings. The summed E-state index contributed by atoms with van der Waals surface area (Å²) in [6.45, 7) is 2.00. The summed E-state index contributed by atoms with van der Waals surface area (Å²) in [5, 5.41) is 6.53. The molecule has 1 heterocycles. The van der Waals surface area contributed by atoms with Crippen molar-refractivity contribution in [3.63, 3.8) is 0 Å². The number of hydrogen-bond donors (Lipinski definition) is 3. The zero-order valence-corrected chi connectivity index (χ0v) is 18.7. The van der Waals surface area contributed by atoms with Crippen molar-refractivity contribution in [3.05, 3.63) is 36.2 Å². The van der Waals surface area contributed by atoms with Crippen LogP contribution in [0.1, 0.15) is 56.5 Å². The highest BCUT2D eigenvalue weighted by molar-refractivity contribution is 8.00. The molecule has 4 fully saturated rings. The van der Waals surface area contributed by atoms with E-state index in [-0.39, 0.29) is 22.6 Å². The summed E-state index contributed by atoms with van der Waals surface area (Å²) >= 11 is 1.54. The van der Waals surface area contributed by atoms with Crippen molar-refractivity contribution in [2.75, 3.05) is 16.8 Å². The summed E-state index contributed by atoms with van der Waals surface area (Å²) in [7, 11) is 0. The summed E-state index contributed by atoms with van der Waals surface area (Å²) in [6.07, 6.45) is 7.64. The highest BCUT2D eigenvalue weighted by Gasteiger charge is 2.51. The predicted molar refractivity (Wildman–Crippen MR) is 124 cm³/mol. The van der Waals surface area contributed by atoms with Gasteiger partial charge in [0, 0.05) is 11.2 Å². The van der Waals surface area contributed by atoms with Crippen LogP contribution in [0.3, 0.4) is 0 Å². The molecule has 1 atom stereocenters. The lowest BCUT2D eigenvalue weighted by atomic mass is 9.53. The molecule has 0 radical (unpaired) electrons. The van der Waals surface area contributed by atoms with Crippen LogP contribution in [-0.2, 0) is 4.79 Å². The van der Waals surface area contributed by atoms with Crippen molar-refractivity contribution in [1.29, 1.82) is 0 Å². The third kappa shape index (κ3) is 4.63. The Morgan fingerprint density at radius 3 is 2.39 bits per heavy atom. The molecule has 31 heavy (non-hydrogen) atoms. The number of carbonyl (C=O) groups excluding carboxylic acids is 1. The fraction of sp³-hybridized carbons (Fsp3) is 0.565. The minimum atomic E-state index is -0.0660. The van der Waals surface area contributed by atoms with Gasteiger partial charge in [0.15, 0.2) is 0 Å². The van der Waals surface area contributed by atoms with Gasteiger partial charge in [0.2, 0.25) is 17.8 Å². The molecule has 0 saturated heterocycles. The van der Waals surface area contributed by atoms with E-state index >= 15 is 0 Å². The second-order valence-corrected chi connectivity index (χ2v) is 10.9. The first-order chi connectivity index (χ1) is 15.0. The average Bonchev–Trinajstić information content (AvgIpc) is 2.71. The minimum Gasteiger partial charge on any atom is -0.368 e. The van der Waals surface area contributed by atoms with Gasteiger partial charge in [-0.1, -0.05) is 18.2 Å². The maximum absolute atomic E-state index is 12.8. The number of hydrogen-bond acceptors (Lipinski definition) is 7. The number of thioether (sulfide) groups is 1. The number of nitrogens with zero attached hydrogens (tertiary/aromatic N) is 3. The zero-order valence-electron chi connectivity index (χ0n) is 17.9. The normalized spacial score (nSPS) is 29.5. The summed E-state index contributed by atoms with van der Waals surface area (Å²) in [5.41, 5.74) is 6.85. The highest BCUT2D eigenvalue weighted by Crippen LogP contribution is 2.55. The van der Waals surface area contributed by atoms with Gasteiger partial charge in [0.05, 0.1) is 11.0 Å². The Kier molecular flexibility index (Phi) is 5.50. The van der Waals surface area contributed by atoms with Gasteiger partial charge in [-0.05, 0) is 75.3 Å². The fourth-order valence-electron chi connectivity index (χ4n) is 6.17. The summed E-state index contributed by atoms with van der Waals surface area (Å²) in [4.78, 5) is 25.8. The van der Waals surface area contributed by atoms with E-state index < -0.39 is 0 Å². The molecule has 4 aliphatic rings. The third-order valence-electron chi connectivity index (χ3n) is 6.97. The number of rotatable bonds is 7. The molecule has 1 amide bonds. The number of para-hydroxylation sites is 1. The lowest BCUT2D eigenvalue weighted by molar-refractivity contribution is -0.124. The largest absolute Gasteiger partial charge is 0.368 e. The average molecular weight is 439 g/mol. The predicted octanol–water partition coefficient (Wildman–Crippen LogP) is 4.08. The molecule has 164 valence electrons. The quantitative estimate of drug-likeness (QED) is 0.598. The smallest absolute Gasteiger partial charge is 0.232 e. The summed E-state index contributed by atoms with van der Waals surface area (Å²) in [5.74, 6) is 4.16. The maximum Gasteiger partial charge on any atom is 0.232 e. The van der Waals surface area contributed by atoms with Gasteiger partial charge in [0.25, 0.3) is 0 Å². The van der Waals surface area contributed by atoms with E-state index in [0.29, 0.717) is 17.5 Å². The van der Waals surface area contributed by atoms with Crippen LogP contribution in [0.4, 0.5) is 17.6 Å². The van der Waals surface area contributed by atoms with Crippen LogP contribution in [0.25, 0.3) is 0 Å². The van der Waals surface area contributed by atoms with Gasteiger partial charge in [-0.15, -0.1) is 11.8 Å². The SMILES string of the molecule is C[C@H](SCC(=O)NC12CC3CC(CC(C3)C1)C2)c1nc(N)nc(Nc2ccccc2)n1. The zero-order chi connectivity index (χ0) is 21.4. The van der Waals surface area contributed by atoms with Crippen LogP contribution in [0.2, 0.25) is 0 Å². The molecular formula is C23H30N6OS. The van der Waals surface area contributed by atoms with Gasteiger partial charge in [-0.25, -0.2) is 0 Å². The van der Waals surface area contributed by atoms with Crippen LogP contribution >= 0.6 is 11.8 Å². The molecule has 7 nitrogen and oxygen atoms in total. The van der Waals surface area contributed by atoms with Crippen molar-refractivity contribution in [2.24, 2.45) is 17.8 Å². The maximum atomic E-state index is 12.8. The number of carbonyl (C=O) groups is 1. The number of nitrogen functional groups attached to an aromatic ring is 1. The number of nitrogens with two attached hydrogens (primary N) is 1. The second kappa shape index (κ2) is 8.30. The van der Waals surface area contributed by atoms with Gasteiger partial charge >= 0.3 is 0 Å². The van der Waals surface area contributed by atoms with Crippen molar-refractivity contribution in [2.45, 2.75) is 56.2 Å². The number of amides is 1. The molecule has 4 N–H and O–H groups in total. The molecule has 4 aliphatic carbocycles. The van der Waals surface area contributed by atoms with Crippen molar-refractivity contribution in [1.82, 2.24) is 20.3 Å². The van der Waals surface area contributed by atoms with E-state index in [0.717, 1.165) is 23.4 Å². The van der Waals surface area contributed by atoms with E-state index in [2.05, 4.69) is 25.6 Å². The lowest BCUT2D eigenvalue weighted by Gasteiger charge is -2.56. The monoisotopic (exact) mass is 438 g/mol. The van der Waals surface area contributed by atoms with Crippen LogP contribution in [-0.4, -0.2) is 32.2 Å². The van der Waals surface area contributed by atoms with Gasteiger partial charge in [-0.3, -0.25) is 4.79 Å². The topological polar surface area (TPSA) is 106 Å². The Labute approximate surface area is 187 Å². The van der Waals surface area contributed by atoms with E-state index in [4.69, 9.17) is 5.73 Å². The Hall–Kier alpha value is -2.35. The summed E-state index contributed by atoms with van der Waals surface area (Å²) < 4.78 is 0. The van der Waals surface area contributed by atoms with E-state index in [1.165, 1.54) is 38.5 Å². The molecular weight excluding hydrogens is 408 g/mol. The van der Waals surface area contributed by atoms with Crippen molar-refractivity contribution in [3.8, 4) is 0 Å². The van der Waals surface area contributed by atoms with Gasteiger partial charge < -0.3 is 16.4 Å². The van der Waals surface area contributed by atoms with Crippen LogP contribution in [0, 0.1) is 17.8 Å². The Bertz CT molecular complexity index is 917. The molecule has 4 bridgehead atoms. The van der Waals surface area contributed by atoms with E-state index in [1.54, 1.807) is 11.8 Å². The van der Waals surface area contributed by atoms with Gasteiger partial charge in [0.1, 0.15) is 5.82 Å². The molecule has 1 aromatic carbocycles. The van der Waals surface area contributed by atoms with E-state index in [9.17, 15) is 4.79 Å². The highest BCUT2D eigenvalue weighted by atomic mass is 32.2. The van der Waals surface area contributed by atoms with Crippen LogP contribution < -0.4 is 16.4 Å². The van der Waals surface area contributed by atoms with Crippen LogP contribution in [0.5, 0.6) is 0 Å². The molecule has 0 unspecified atom stereocenters. The van der Waals surface area contributed by atoms with Crippen molar-refractivity contribution >= 4 is 35.3 Å². The fourth-order valence-corrected chi connectivity index (χ4v) is 6.90. The van der Waals surface area contributed by atoms with Crippen LogP contribution in [0.15, 0.2) is 30.3 Å².